The minimum atomic E-state index is -3.83. The Kier molecular flexibility index (Phi) is 5.95. The third kappa shape index (κ3) is 4.73. The number of nitrogens with zero attached hydrogens (tertiary/aromatic N) is 4. The van der Waals surface area contributed by atoms with Crippen molar-refractivity contribution < 1.29 is 28.2 Å². The Morgan fingerprint density at radius 2 is 2.09 bits per heavy atom. The fraction of sp³-hybridized carbons (Fsp3) is 0.217. The number of carbonyl (C=O) groups is 1. The summed E-state index contributed by atoms with van der Waals surface area (Å²) in [6.07, 6.45) is 2.14. The summed E-state index contributed by atoms with van der Waals surface area (Å²) >= 11 is 4.78. The summed E-state index contributed by atoms with van der Waals surface area (Å²) in [7, 11) is 0. The molecule has 1 aliphatic heterocycles. The van der Waals surface area contributed by atoms with Crippen LogP contribution < -0.4 is 14.8 Å². The van der Waals surface area contributed by atoms with Crippen LogP contribution in [0.25, 0.3) is 22.3 Å². The number of carbonyl (C=O) groups excluding carboxylic acids is 1. The van der Waals surface area contributed by atoms with Crippen LogP contribution in [-0.2, 0) is 0 Å². The molecule has 1 unspecified atom stereocenters. The molecule has 0 saturated carbocycles. The molecular weight excluding hydrogens is 484 g/mol. The zero-order valence-corrected chi connectivity index (χ0v) is 18.7. The van der Waals surface area contributed by atoms with Gasteiger partial charge in [-0.2, -0.15) is 15.2 Å². The lowest BCUT2D eigenvalue weighted by molar-refractivity contribution is -0.0964. The number of nitrogens with one attached hydrogen (secondary N) is 1. The highest BCUT2D eigenvalue weighted by Gasteiger charge is 2.29. The number of amides is 1. The van der Waals surface area contributed by atoms with E-state index in [0.29, 0.717) is 47.0 Å². The van der Waals surface area contributed by atoms with Crippen molar-refractivity contribution in [2.75, 3.05) is 18.5 Å². The maximum absolute atomic E-state index is 13.1. The zero-order chi connectivity index (χ0) is 24.6. The second-order valence-corrected chi connectivity index (χ2v) is 8.20. The molecule has 180 valence electrons. The topological polar surface area (TPSA) is 111 Å². The number of fused-ring (bicyclic) bond motifs is 3. The number of ether oxygens (including phenoxy) is 2. The second-order valence-electron chi connectivity index (χ2n) is 7.76. The van der Waals surface area contributed by atoms with E-state index in [4.69, 9.17) is 16.3 Å². The van der Waals surface area contributed by atoms with E-state index in [1.165, 1.54) is 30.5 Å². The van der Waals surface area contributed by atoms with Crippen molar-refractivity contribution in [3.63, 3.8) is 0 Å². The Morgan fingerprint density at radius 1 is 1.29 bits per heavy atom. The number of aliphatic hydroxyl groups is 1. The van der Waals surface area contributed by atoms with Crippen molar-refractivity contribution in [2.45, 2.75) is 18.0 Å². The molecule has 1 amide bonds. The normalized spacial score (nSPS) is 15.4. The molecule has 1 atom stereocenters. The summed E-state index contributed by atoms with van der Waals surface area (Å²) in [5, 5.41) is 20.8. The van der Waals surface area contributed by atoms with Crippen LogP contribution in [0, 0.1) is 0 Å². The monoisotopic (exact) mass is 501 g/mol. The van der Waals surface area contributed by atoms with E-state index in [2.05, 4.69) is 25.2 Å². The molecule has 4 aromatic rings. The first-order chi connectivity index (χ1) is 16.8. The zero-order valence-electron chi connectivity index (χ0n) is 18.0. The first-order valence-electron chi connectivity index (χ1n) is 10.6. The lowest BCUT2D eigenvalue weighted by Gasteiger charge is -2.24. The van der Waals surface area contributed by atoms with Crippen LogP contribution >= 0.6 is 11.6 Å². The highest BCUT2D eigenvalue weighted by molar-refractivity contribution is 6.20. The predicted molar refractivity (Wildman–Crippen MR) is 123 cm³/mol. The highest BCUT2D eigenvalue weighted by atomic mass is 35.5. The number of anilines is 1. The van der Waals surface area contributed by atoms with Gasteiger partial charge >= 0.3 is 5.57 Å². The van der Waals surface area contributed by atoms with Gasteiger partial charge in [0.05, 0.1) is 36.0 Å². The van der Waals surface area contributed by atoms with E-state index in [9.17, 15) is 18.7 Å². The number of benzene rings is 2. The van der Waals surface area contributed by atoms with Crippen LogP contribution in [0.5, 0.6) is 11.8 Å². The van der Waals surface area contributed by atoms with Crippen LogP contribution in [0.1, 0.15) is 22.8 Å². The number of aromatic nitrogens is 4. The summed E-state index contributed by atoms with van der Waals surface area (Å²) in [4.78, 5) is 17.6. The van der Waals surface area contributed by atoms with Gasteiger partial charge in [-0.05, 0) is 48.5 Å². The smallest absolute Gasteiger partial charge is 0.465 e. The van der Waals surface area contributed by atoms with Gasteiger partial charge in [0.15, 0.2) is 0 Å². The molecule has 0 aliphatic carbocycles. The number of imidazole rings is 1. The lowest BCUT2D eigenvalue weighted by atomic mass is 10.0. The van der Waals surface area contributed by atoms with E-state index in [-0.39, 0.29) is 24.0 Å². The van der Waals surface area contributed by atoms with E-state index in [0.717, 1.165) is 0 Å². The molecule has 3 heterocycles. The third-order valence-electron chi connectivity index (χ3n) is 5.47. The van der Waals surface area contributed by atoms with Crippen LogP contribution in [0.4, 0.5) is 14.5 Å². The number of halogens is 3. The molecule has 0 bridgehead atoms. The Hall–Kier alpha value is -3.83. The lowest BCUT2D eigenvalue weighted by Crippen LogP contribution is -2.23. The van der Waals surface area contributed by atoms with E-state index in [1.54, 1.807) is 24.3 Å². The fourth-order valence-electron chi connectivity index (χ4n) is 3.95. The third-order valence-corrected chi connectivity index (χ3v) is 5.54. The van der Waals surface area contributed by atoms with Crippen molar-refractivity contribution in [2.24, 2.45) is 0 Å². The maximum atomic E-state index is 13.1. The van der Waals surface area contributed by atoms with E-state index >= 15 is 0 Å². The number of hydrogen-bond acceptors (Lipinski definition) is 7. The summed E-state index contributed by atoms with van der Waals surface area (Å²) in [5.41, 5.74) is -0.937. The Balaban J connectivity index is 1.53. The molecule has 1 aliphatic rings. The standard InChI is InChI=1S/C23H18ClF2N5O4/c24-23(25,26)35-16-5-3-14(4-6-16)28-21(33)13-10-17(18-2-1-8-27-30-18)20-19(11-13)29-22-31(20)15(12-32)7-9-34-22/h1-6,8,10-11,15,32H,7,9,12H2,(H,28,33). The summed E-state index contributed by atoms with van der Waals surface area (Å²) < 4.78 is 37.4. The summed E-state index contributed by atoms with van der Waals surface area (Å²) in [5.74, 6) is -0.615. The fourth-order valence-corrected chi connectivity index (χ4v) is 4.04. The molecule has 12 heteroatoms. The van der Waals surface area contributed by atoms with Gasteiger partial charge in [0.25, 0.3) is 11.9 Å². The molecule has 2 N–H and O–H groups in total. The molecule has 5 rings (SSSR count). The minimum absolute atomic E-state index is 0.0979. The van der Waals surface area contributed by atoms with Gasteiger partial charge in [-0.15, -0.1) is 8.78 Å². The SMILES string of the molecule is O=C(Nc1ccc(OC(F)(F)Cl)cc1)c1cc(-c2cccnn2)c2c(c1)nc1n2C(CO)CCO1. The molecule has 0 radical (unpaired) electrons. The molecule has 9 nitrogen and oxygen atoms in total. The molecule has 2 aromatic heterocycles. The van der Waals surface area contributed by atoms with Crippen LogP contribution in [0.3, 0.4) is 0 Å². The van der Waals surface area contributed by atoms with Gasteiger partial charge in [-0.25, -0.2) is 0 Å². The van der Waals surface area contributed by atoms with Gasteiger partial charge in [-0.1, -0.05) is 0 Å². The van der Waals surface area contributed by atoms with Crippen LogP contribution in [-0.4, -0.2) is 49.5 Å². The van der Waals surface area contributed by atoms with Crippen molar-refractivity contribution in [3.8, 4) is 23.0 Å². The van der Waals surface area contributed by atoms with Crippen molar-refractivity contribution in [1.82, 2.24) is 19.7 Å². The predicted octanol–water partition coefficient (Wildman–Crippen LogP) is 4.23. The molecule has 35 heavy (non-hydrogen) atoms. The molecular formula is C23H18ClF2N5O4. The number of aliphatic hydroxyl groups excluding tert-OH is 1. The number of rotatable bonds is 6. The van der Waals surface area contributed by atoms with Crippen molar-refractivity contribution in [1.29, 1.82) is 0 Å². The van der Waals surface area contributed by atoms with Crippen LogP contribution in [0.15, 0.2) is 54.7 Å². The quantitative estimate of drug-likeness (QED) is 0.380. The summed E-state index contributed by atoms with van der Waals surface area (Å²) in [6, 6.07) is 12.2. The van der Waals surface area contributed by atoms with Gasteiger partial charge in [0.2, 0.25) is 0 Å². The summed E-state index contributed by atoms with van der Waals surface area (Å²) in [6.45, 7) is 0.317. The van der Waals surface area contributed by atoms with E-state index in [1.807, 2.05) is 4.57 Å². The van der Waals surface area contributed by atoms with Gasteiger partial charge in [0.1, 0.15) is 5.75 Å². The molecule has 0 fully saturated rings. The Labute approximate surface area is 202 Å². The van der Waals surface area contributed by atoms with Gasteiger partial charge in [0, 0.05) is 41.0 Å². The minimum Gasteiger partial charge on any atom is -0.465 e. The van der Waals surface area contributed by atoms with Crippen LogP contribution in [0.2, 0.25) is 0 Å². The molecule has 2 aromatic carbocycles. The molecule has 0 saturated heterocycles. The Bertz CT molecular complexity index is 1380. The van der Waals surface area contributed by atoms with E-state index < -0.39 is 11.5 Å². The van der Waals surface area contributed by atoms with Crippen molar-refractivity contribution in [3.05, 3.63) is 60.3 Å². The average molecular weight is 502 g/mol. The van der Waals surface area contributed by atoms with Gasteiger partial charge in [-0.3, -0.25) is 9.36 Å². The van der Waals surface area contributed by atoms with Gasteiger partial charge < -0.3 is 19.9 Å². The second kappa shape index (κ2) is 9.08. The maximum Gasteiger partial charge on any atom is 0.487 e. The first-order valence-corrected chi connectivity index (χ1v) is 10.9. The average Bonchev–Trinajstić information content (AvgIpc) is 3.23. The largest absolute Gasteiger partial charge is 0.487 e. The number of alkyl halides is 3. The highest BCUT2D eigenvalue weighted by Crippen LogP contribution is 2.37. The van der Waals surface area contributed by atoms with Crippen molar-refractivity contribution >= 4 is 34.2 Å². The first kappa shape index (κ1) is 22.9. The Morgan fingerprint density at radius 3 is 2.77 bits per heavy atom. The number of hydrogen-bond donors (Lipinski definition) is 2. The molecule has 0 spiro atoms.